The maximum Gasteiger partial charge on any atom is 0.332 e. The Bertz CT molecular complexity index is 1270. The van der Waals surface area contributed by atoms with Gasteiger partial charge in [0.15, 0.2) is 11.2 Å². The van der Waals surface area contributed by atoms with Crippen LogP contribution in [0.15, 0.2) is 27.8 Å². The van der Waals surface area contributed by atoms with Gasteiger partial charge in [0.2, 0.25) is 11.9 Å². The van der Waals surface area contributed by atoms with Crippen molar-refractivity contribution in [3.8, 4) is 0 Å². The molecule has 0 spiro atoms. The van der Waals surface area contributed by atoms with Crippen LogP contribution in [-0.4, -0.2) is 37.2 Å². The number of nitrogens with zero attached hydrogens (tertiary/aromatic N) is 4. The number of fused-ring (bicyclic) bond motifs is 1. The Hall–Kier alpha value is -2.78. The Balaban J connectivity index is 1.75. The zero-order valence-corrected chi connectivity index (χ0v) is 17.9. The van der Waals surface area contributed by atoms with E-state index < -0.39 is 11.2 Å². The monoisotopic (exact) mass is 450 g/mol. The molecule has 0 aliphatic carbocycles. The molecule has 3 heterocycles. The number of aryl methyl sites for hydroxylation is 2. The number of halogens is 2. The van der Waals surface area contributed by atoms with E-state index in [0.717, 1.165) is 4.57 Å². The average molecular weight is 451 g/mol. The van der Waals surface area contributed by atoms with E-state index in [4.69, 9.17) is 23.2 Å². The van der Waals surface area contributed by atoms with E-state index in [1.807, 2.05) is 0 Å². The number of anilines is 1. The number of rotatable bonds is 4. The minimum atomic E-state index is -0.479. The van der Waals surface area contributed by atoms with Crippen molar-refractivity contribution >= 4 is 46.2 Å². The maximum absolute atomic E-state index is 13.2. The van der Waals surface area contributed by atoms with Gasteiger partial charge >= 0.3 is 5.69 Å². The third kappa shape index (κ3) is 3.59. The Morgan fingerprint density at radius 1 is 1.17 bits per heavy atom. The normalized spacial score (nSPS) is 16.7. The molecular formula is C19H20Cl2N6O3. The third-order valence-electron chi connectivity index (χ3n) is 5.28. The van der Waals surface area contributed by atoms with Crippen LogP contribution in [-0.2, 0) is 25.4 Å². The van der Waals surface area contributed by atoms with E-state index in [2.05, 4.69) is 15.6 Å². The molecule has 0 radical (unpaired) electrons. The summed E-state index contributed by atoms with van der Waals surface area (Å²) in [6.45, 7) is 0.531. The van der Waals surface area contributed by atoms with Crippen molar-refractivity contribution in [3.63, 3.8) is 0 Å². The van der Waals surface area contributed by atoms with Gasteiger partial charge in [-0.15, -0.1) is 0 Å². The van der Waals surface area contributed by atoms with Gasteiger partial charge in [0.1, 0.15) is 0 Å². The molecule has 1 aliphatic heterocycles. The number of imidazole rings is 1. The van der Waals surface area contributed by atoms with Crippen molar-refractivity contribution in [2.24, 2.45) is 14.1 Å². The molecule has 158 valence electrons. The second kappa shape index (κ2) is 7.81. The van der Waals surface area contributed by atoms with Gasteiger partial charge in [-0.2, -0.15) is 4.98 Å². The van der Waals surface area contributed by atoms with Gasteiger partial charge < -0.3 is 15.2 Å². The highest BCUT2D eigenvalue weighted by Gasteiger charge is 2.23. The molecule has 1 amide bonds. The summed E-state index contributed by atoms with van der Waals surface area (Å²) in [5.41, 5.74) is 0.355. The quantitative estimate of drug-likeness (QED) is 0.626. The van der Waals surface area contributed by atoms with E-state index in [-0.39, 0.29) is 18.5 Å². The number of aromatic nitrogens is 4. The van der Waals surface area contributed by atoms with E-state index in [1.54, 1.807) is 36.9 Å². The van der Waals surface area contributed by atoms with Crippen LogP contribution in [0.2, 0.25) is 10.0 Å². The van der Waals surface area contributed by atoms with E-state index in [1.165, 1.54) is 4.57 Å². The topological polar surface area (TPSA) is 103 Å². The van der Waals surface area contributed by atoms with E-state index in [0.29, 0.717) is 52.1 Å². The lowest BCUT2D eigenvalue weighted by Crippen LogP contribution is -2.42. The minimum absolute atomic E-state index is 0.00586. The molecule has 1 fully saturated rings. The van der Waals surface area contributed by atoms with Crippen LogP contribution in [0.3, 0.4) is 0 Å². The number of piperidine rings is 1. The molecule has 2 aromatic heterocycles. The fraction of sp³-hybridized carbons (Fsp3) is 0.368. The van der Waals surface area contributed by atoms with Crippen LogP contribution in [0.1, 0.15) is 18.4 Å². The highest BCUT2D eigenvalue weighted by molar-refractivity contribution is 6.42. The van der Waals surface area contributed by atoms with E-state index in [9.17, 15) is 14.4 Å². The Morgan fingerprint density at radius 2 is 1.93 bits per heavy atom. The van der Waals surface area contributed by atoms with Gasteiger partial charge in [-0.3, -0.25) is 18.7 Å². The van der Waals surface area contributed by atoms with Crippen molar-refractivity contribution in [1.29, 1.82) is 0 Å². The molecule has 9 nitrogen and oxygen atoms in total. The van der Waals surface area contributed by atoms with Crippen molar-refractivity contribution in [1.82, 2.24) is 24.0 Å². The lowest BCUT2D eigenvalue weighted by atomic mass is 10.1. The molecule has 3 aromatic rings. The van der Waals surface area contributed by atoms with Crippen LogP contribution in [0.25, 0.3) is 11.2 Å². The summed E-state index contributed by atoms with van der Waals surface area (Å²) in [7, 11) is 3.29. The SMILES string of the molecule is Cn1c(N[C@H]2CCC(=O)NC2)nc2c1c(=O)n(Cc1ccc(Cl)c(Cl)c1)c(=O)n2C. The first-order valence-electron chi connectivity index (χ1n) is 9.39. The second-order valence-corrected chi connectivity index (χ2v) is 8.15. The molecule has 1 aliphatic rings. The Labute approximate surface area is 181 Å². The second-order valence-electron chi connectivity index (χ2n) is 7.33. The number of benzene rings is 1. The van der Waals surface area contributed by atoms with Crippen LogP contribution in [0, 0.1) is 0 Å². The lowest BCUT2D eigenvalue weighted by Gasteiger charge is -2.23. The standard InChI is InChI=1S/C19H20Cl2N6O3/c1-25-15-16(24-18(25)23-11-4-6-14(28)22-8-11)26(2)19(30)27(17(15)29)9-10-3-5-12(20)13(21)7-10/h3,5,7,11H,4,6,8-9H2,1-2H3,(H,22,28)(H,23,24)/t11-/m0/s1. The summed E-state index contributed by atoms with van der Waals surface area (Å²) in [4.78, 5) is 41.9. The number of carbonyl (C=O) groups is 1. The van der Waals surface area contributed by atoms with E-state index >= 15 is 0 Å². The van der Waals surface area contributed by atoms with Crippen molar-refractivity contribution in [2.45, 2.75) is 25.4 Å². The average Bonchev–Trinajstić information content (AvgIpc) is 3.04. The molecular weight excluding hydrogens is 431 g/mol. The first-order valence-corrected chi connectivity index (χ1v) is 10.1. The zero-order valence-electron chi connectivity index (χ0n) is 16.4. The summed E-state index contributed by atoms with van der Waals surface area (Å²) in [5.74, 6) is 0.483. The number of hydrogen-bond acceptors (Lipinski definition) is 5. The predicted molar refractivity (Wildman–Crippen MR) is 115 cm³/mol. The molecule has 1 atom stereocenters. The molecule has 30 heavy (non-hydrogen) atoms. The van der Waals surface area contributed by atoms with Gasteiger partial charge in [0, 0.05) is 33.1 Å². The number of amides is 1. The van der Waals surface area contributed by atoms with Gasteiger partial charge in [0.05, 0.1) is 16.6 Å². The molecule has 0 bridgehead atoms. The largest absolute Gasteiger partial charge is 0.354 e. The number of carbonyl (C=O) groups excluding carboxylic acids is 1. The molecule has 2 N–H and O–H groups in total. The fourth-order valence-electron chi connectivity index (χ4n) is 3.57. The molecule has 4 rings (SSSR count). The van der Waals surface area contributed by atoms with Crippen molar-refractivity contribution in [2.75, 3.05) is 11.9 Å². The summed E-state index contributed by atoms with van der Waals surface area (Å²) in [5, 5.41) is 6.81. The Morgan fingerprint density at radius 3 is 2.60 bits per heavy atom. The van der Waals surface area contributed by atoms with Gasteiger partial charge in [-0.25, -0.2) is 4.79 Å². The molecule has 1 saturated heterocycles. The zero-order chi connectivity index (χ0) is 21.6. The summed E-state index contributed by atoms with van der Waals surface area (Å²) < 4.78 is 4.13. The van der Waals surface area contributed by atoms with Crippen molar-refractivity contribution < 1.29 is 4.79 Å². The maximum atomic E-state index is 13.2. The highest BCUT2D eigenvalue weighted by Crippen LogP contribution is 2.23. The lowest BCUT2D eigenvalue weighted by molar-refractivity contribution is -0.122. The number of hydrogen-bond donors (Lipinski definition) is 2. The van der Waals surface area contributed by atoms with Crippen LogP contribution < -0.4 is 21.9 Å². The van der Waals surface area contributed by atoms with Crippen LogP contribution in [0.4, 0.5) is 5.95 Å². The molecule has 11 heteroatoms. The molecule has 0 saturated carbocycles. The fourth-order valence-corrected chi connectivity index (χ4v) is 3.89. The van der Waals surface area contributed by atoms with Crippen LogP contribution >= 0.6 is 23.2 Å². The number of nitrogens with one attached hydrogen (secondary N) is 2. The minimum Gasteiger partial charge on any atom is -0.354 e. The van der Waals surface area contributed by atoms with Gasteiger partial charge in [-0.1, -0.05) is 29.3 Å². The molecule has 0 unspecified atom stereocenters. The smallest absolute Gasteiger partial charge is 0.332 e. The first kappa shape index (κ1) is 20.5. The van der Waals surface area contributed by atoms with Gasteiger partial charge in [-0.05, 0) is 24.1 Å². The van der Waals surface area contributed by atoms with Crippen molar-refractivity contribution in [3.05, 3.63) is 54.6 Å². The predicted octanol–water partition coefficient (Wildman–Crippen LogP) is 1.48. The summed E-state index contributed by atoms with van der Waals surface area (Å²) >= 11 is 12.0. The van der Waals surface area contributed by atoms with Gasteiger partial charge in [0.25, 0.3) is 5.56 Å². The third-order valence-corrected chi connectivity index (χ3v) is 6.02. The molecule has 1 aromatic carbocycles. The highest BCUT2D eigenvalue weighted by atomic mass is 35.5. The van der Waals surface area contributed by atoms with Crippen LogP contribution in [0.5, 0.6) is 0 Å². The summed E-state index contributed by atoms with van der Waals surface area (Å²) in [6, 6.07) is 4.97. The summed E-state index contributed by atoms with van der Waals surface area (Å²) in [6.07, 6.45) is 1.09. The Kier molecular flexibility index (Phi) is 5.33. The first-order chi connectivity index (χ1) is 14.3.